The summed E-state index contributed by atoms with van der Waals surface area (Å²) in [7, 11) is 0. The first kappa shape index (κ1) is 40.6. The van der Waals surface area contributed by atoms with Gasteiger partial charge in [0.25, 0.3) is 0 Å². The molecule has 15 rings (SSSR count). The van der Waals surface area contributed by atoms with Crippen LogP contribution in [0.25, 0.3) is 133 Å². The van der Waals surface area contributed by atoms with E-state index >= 15 is 0 Å². The normalized spacial score (nSPS) is 13.0. The predicted molar refractivity (Wildman–Crippen MR) is 297 cm³/mol. The van der Waals surface area contributed by atoms with Gasteiger partial charge >= 0.3 is 0 Å². The minimum absolute atomic E-state index is 0.227. The van der Waals surface area contributed by atoms with Crippen molar-refractivity contribution in [1.29, 1.82) is 0 Å². The van der Waals surface area contributed by atoms with Gasteiger partial charge < -0.3 is 13.6 Å². The average Bonchev–Trinajstić information content (AvgIpc) is 4.14. The molecule has 0 spiro atoms. The molecule has 0 saturated carbocycles. The van der Waals surface area contributed by atoms with E-state index in [-0.39, 0.29) is 5.41 Å². The van der Waals surface area contributed by atoms with Crippen LogP contribution in [0.3, 0.4) is 0 Å². The van der Waals surface area contributed by atoms with Gasteiger partial charge in [-0.15, -0.1) is 0 Å². The highest BCUT2D eigenvalue weighted by Crippen LogP contribution is 2.52. The minimum Gasteiger partial charge on any atom is -0.456 e. The predicted octanol–water partition coefficient (Wildman–Crippen LogP) is 17.5. The van der Waals surface area contributed by atoms with Crippen LogP contribution in [0.5, 0.6) is 0 Å². The molecule has 4 aromatic heterocycles. The summed E-state index contributed by atoms with van der Waals surface area (Å²) >= 11 is 0. The van der Waals surface area contributed by atoms with Crippen LogP contribution in [-0.2, 0) is 5.41 Å². The standard InChI is InChI=1S/C67H44N4O/c1-67(2)56-31-29-43(44-30-32-61-52(35-44)54-37-55-49-26-13-15-28-64(49)72-65(55)40-63(54)70(61)46-22-10-5-11-23-46)34-50(56)51-36-53-48-25-12-14-27-60(48)71(62(53)38-57(51)67)47-24-16-21-45(33-47)59-39-58(41-17-6-3-7-18-41)68-66(69-59)42-19-8-4-9-20-42/h3-40H,1-2H3. The second-order valence-corrected chi connectivity index (χ2v) is 19.8. The quantitative estimate of drug-likeness (QED) is 0.167. The lowest BCUT2D eigenvalue weighted by Gasteiger charge is -2.22. The minimum atomic E-state index is -0.227. The van der Waals surface area contributed by atoms with Crippen LogP contribution < -0.4 is 0 Å². The molecule has 5 heteroatoms. The van der Waals surface area contributed by atoms with Crippen molar-refractivity contribution in [3.05, 3.63) is 242 Å². The maximum absolute atomic E-state index is 6.44. The molecule has 0 atom stereocenters. The van der Waals surface area contributed by atoms with E-state index < -0.39 is 0 Å². The molecular formula is C67H44N4O. The van der Waals surface area contributed by atoms with Gasteiger partial charge in [-0.25, -0.2) is 9.97 Å². The number of nitrogens with zero attached hydrogens (tertiary/aromatic N) is 4. The number of rotatable bonds is 6. The molecule has 10 aromatic carbocycles. The molecule has 0 unspecified atom stereocenters. The van der Waals surface area contributed by atoms with E-state index in [4.69, 9.17) is 14.4 Å². The largest absolute Gasteiger partial charge is 0.456 e. The lowest BCUT2D eigenvalue weighted by atomic mass is 9.82. The molecule has 0 aliphatic heterocycles. The van der Waals surface area contributed by atoms with Crippen LogP contribution >= 0.6 is 0 Å². The number of para-hydroxylation sites is 3. The van der Waals surface area contributed by atoms with Gasteiger partial charge in [-0.1, -0.05) is 159 Å². The van der Waals surface area contributed by atoms with Gasteiger partial charge in [0.2, 0.25) is 0 Å². The summed E-state index contributed by atoms with van der Waals surface area (Å²) in [5, 5.41) is 7.14. The Bertz CT molecular complexity index is 4460. The molecule has 72 heavy (non-hydrogen) atoms. The second-order valence-electron chi connectivity index (χ2n) is 19.8. The van der Waals surface area contributed by atoms with E-state index in [0.717, 1.165) is 66.9 Å². The third-order valence-electron chi connectivity index (χ3n) is 15.3. The Morgan fingerprint density at radius 3 is 1.74 bits per heavy atom. The molecule has 1 aliphatic carbocycles. The topological polar surface area (TPSA) is 48.8 Å². The molecule has 0 fully saturated rings. The van der Waals surface area contributed by atoms with Crippen LogP contribution in [0.2, 0.25) is 0 Å². The molecule has 0 N–H and O–H groups in total. The molecule has 0 amide bonds. The van der Waals surface area contributed by atoms with Crippen molar-refractivity contribution >= 4 is 65.6 Å². The van der Waals surface area contributed by atoms with E-state index in [1.54, 1.807) is 0 Å². The fourth-order valence-corrected chi connectivity index (χ4v) is 11.8. The summed E-state index contributed by atoms with van der Waals surface area (Å²) in [5.41, 5.74) is 20.9. The number of hydrogen-bond donors (Lipinski definition) is 0. The Morgan fingerprint density at radius 2 is 0.917 bits per heavy atom. The number of fused-ring (bicyclic) bond motifs is 12. The lowest BCUT2D eigenvalue weighted by Crippen LogP contribution is -2.15. The van der Waals surface area contributed by atoms with Crippen LogP contribution in [0.1, 0.15) is 25.0 Å². The first-order chi connectivity index (χ1) is 35.4. The average molecular weight is 921 g/mol. The van der Waals surface area contributed by atoms with Crippen molar-refractivity contribution in [2.75, 3.05) is 0 Å². The summed E-state index contributed by atoms with van der Waals surface area (Å²) in [5.74, 6) is 0.704. The van der Waals surface area contributed by atoms with Crippen LogP contribution in [0.15, 0.2) is 235 Å². The van der Waals surface area contributed by atoms with Gasteiger partial charge in [0, 0.05) is 71.9 Å². The van der Waals surface area contributed by atoms with Gasteiger partial charge in [-0.05, 0) is 112 Å². The Morgan fingerprint density at radius 1 is 0.333 bits per heavy atom. The third-order valence-corrected chi connectivity index (χ3v) is 15.3. The van der Waals surface area contributed by atoms with Gasteiger partial charge in [0.05, 0.1) is 33.5 Å². The Kier molecular flexibility index (Phi) is 8.64. The molecule has 0 saturated heterocycles. The van der Waals surface area contributed by atoms with Crippen molar-refractivity contribution in [2.24, 2.45) is 0 Å². The van der Waals surface area contributed by atoms with E-state index in [0.29, 0.717) is 5.82 Å². The molecular weight excluding hydrogens is 877 g/mol. The number of hydrogen-bond acceptors (Lipinski definition) is 3. The zero-order valence-corrected chi connectivity index (χ0v) is 39.6. The number of furan rings is 1. The molecule has 338 valence electrons. The first-order valence-electron chi connectivity index (χ1n) is 24.7. The molecule has 0 radical (unpaired) electrons. The Hall–Kier alpha value is -9.32. The number of aromatic nitrogens is 4. The maximum Gasteiger partial charge on any atom is 0.160 e. The van der Waals surface area contributed by atoms with Crippen LogP contribution in [0.4, 0.5) is 0 Å². The van der Waals surface area contributed by atoms with Gasteiger partial charge in [-0.3, -0.25) is 0 Å². The molecule has 5 nitrogen and oxygen atoms in total. The lowest BCUT2D eigenvalue weighted by molar-refractivity contribution is 0.661. The highest BCUT2D eigenvalue weighted by molar-refractivity contribution is 6.18. The van der Waals surface area contributed by atoms with Crippen molar-refractivity contribution in [3.8, 4) is 67.5 Å². The highest BCUT2D eigenvalue weighted by atomic mass is 16.3. The van der Waals surface area contributed by atoms with Crippen molar-refractivity contribution in [2.45, 2.75) is 19.3 Å². The van der Waals surface area contributed by atoms with Crippen molar-refractivity contribution in [1.82, 2.24) is 19.1 Å². The van der Waals surface area contributed by atoms with Crippen molar-refractivity contribution < 1.29 is 4.42 Å². The highest BCUT2D eigenvalue weighted by Gasteiger charge is 2.37. The van der Waals surface area contributed by atoms with Crippen LogP contribution in [-0.4, -0.2) is 19.1 Å². The fourth-order valence-electron chi connectivity index (χ4n) is 11.8. The smallest absolute Gasteiger partial charge is 0.160 e. The van der Waals surface area contributed by atoms with E-state index in [2.05, 4.69) is 223 Å². The fraction of sp³-hybridized carbons (Fsp3) is 0.0448. The SMILES string of the molecule is CC1(C)c2ccc(-c3ccc4c(c3)c3cc5c(cc3n4-c3ccccc3)oc3ccccc35)cc2-c2cc3c4ccccc4n(-c4cccc(-c5cc(-c6ccccc6)nc(-c6ccccc6)n5)c4)c3cc21. The molecule has 1 aliphatic rings. The Balaban J connectivity index is 0.875. The van der Waals surface area contributed by atoms with Gasteiger partial charge in [0.1, 0.15) is 11.2 Å². The van der Waals surface area contributed by atoms with E-state index in [1.807, 2.05) is 30.3 Å². The van der Waals surface area contributed by atoms with Crippen molar-refractivity contribution in [3.63, 3.8) is 0 Å². The molecule has 4 heterocycles. The van der Waals surface area contributed by atoms with E-state index in [1.165, 1.54) is 71.5 Å². The molecule has 14 aromatic rings. The summed E-state index contributed by atoms with van der Waals surface area (Å²) < 4.78 is 11.3. The van der Waals surface area contributed by atoms with E-state index in [9.17, 15) is 0 Å². The second kappa shape index (κ2) is 15.3. The zero-order valence-electron chi connectivity index (χ0n) is 39.6. The summed E-state index contributed by atoms with van der Waals surface area (Å²) in [6.07, 6.45) is 0. The monoisotopic (exact) mass is 920 g/mol. The zero-order chi connectivity index (χ0) is 47.7. The summed E-state index contributed by atoms with van der Waals surface area (Å²) in [6.45, 7) is 4.76. The first-order valence-corrected chi connectivity index (χ1v) is 24.7. The summed E-state index contributed by atoms with van der Waals surface area (Å²) in [4.78, 5) is 10.3. The third kappa shape index (κ3) is 6.07. The van der Waals surface area contributed by atoms with Gasteiger partial charge in [-0.2, -0.15) is 0 Å². The van der Waals surface area contributed by atoms with Crippen LogP contribution in [0, 0.1) is 0 Å². The number of benzene rings is 10. The summed E-state index contributed by atoms with van der Waals surface area (Å²) in [6, 6.07) is 83.0. The maximum atomic E-state index is 6.44. The molecule has 0 bridgehead atoms. The Labute approximate surface area is 415 Å². The van der Waals surface area contributed by atoms with Gasteiger partial charge in [0.15, 0.2) is 5.82 Å².